The summed E-state index contributed by atoms with van der Waals surface area (Å²) in [7, 11) is 0. The molecule has 117 valence electrons. The number of halogens is 1. The highest BCUT2D eigenvalue weighted by atomic mass is 79.9. The molecule has 2 aromatic carbocycles. The maximum Gasteiger partial charge on any atom is 0.0670 e. The minimum absolute atomic E-state index is 0.369. The summed E-state index contributed by atoms with van der Waals surface area (Å²) in [6, 6.07) is 16.0. The van der Waals surface area contributed by atoms with Crippen molar-refractivity contribution in [3.05, 3.63) is 64.5 Å². The summed E-state index contributed by atoms with van der Waals surface area (Å²) in [5.41, 5.74) is 3.67. The first-order valence-corrected chi connectivity index (χ1v) is 9.48. The Balaban J connectivity index is 1.75. The monoisotopic (exact) mass is 386 g/mol. The van der Waals surface area contributed by atoms with Crippen LogP contribution in [0.4, 0.5) is 5.69 Å². The number of H-pyrrole nitrogens is 1. The normalized spacial score (nSPS) is 21.7. The van der Waals surface area contributed by atoms with Crippen LogP contribution in [0.5, 0.6) is 0 Å². The van der Waals surface area contributed by atoms with Crippen molar-refractivity contribution >= 4 is 44.3 Å². The number of fused-ring (bicyclic) bond motifs is 1. The second-order valence-electron chi connectivity index (χ2n) is 5.83. The molecular weight excluding hydrogens is 370 g/mol. The molecule has 2 unspecified atom stereocenters. The van der Waals surface area contributed by atoms with Gasteiger partial charge in [-0.3, -0.25) is 5.10 Å². The van der Waals surface area contributed by atoms with Gasteiger partial charge in [-0.1, -0.05) is 28.1 Å². The van der Waals surface area contributed by atoms with Gasteiger partial charge in [-0.15, -0.1) is 0 Å². The minimum atomic E-state index is 0.369. The van der Waals surface area contributed by atoms with E-state index in [1.807, 2.05) is 18.0 Å². The molecule has 2 atom stereocenters. The second kappa shape index (κ2) is 6.21. The van der Waals surface area contributed by atoms with Crippen LogP contribution < -0.4 is 4.90 Å². The van der Waals surface area contributed by atoms with Crippen molar-refractivity contribution in [2.75, 3.05) is 10.7 Å². The van der Waals surface area contributed by atoms with Crippen LogP contribution in [0.25, 0.3) is 10.9 Å². The number of aromatic amines is 1. The summed E-state index contributed by atoms with van der Waals surface area (Å²) < 4.78 is 1.12. The third-order valence-electron chi connectivity index (χ3n) is 4.30. The standard InChI is InChI=1S/C18H17BrN3S/c1-12-10-23-11-18(13-2-5-15(19)6-3-13)22(12)16-7-4-14-9-20-21-17(14)8-16/h2-10,12,18H,11H2,1H3,(H,20,21). The average molecular weight is 387 g/mol. The van der Waals surface area contributed by atoms with Gasteiger partial charge in [-0.05, 0) is 42.8 Å². The van der Waals surface area contributed by atoms with Crippen LogP contribution in [0.3, 0.4) is 0 Å². The van der Waals surface area contributed by atoms with Gasteiger partial charge in [0.1, 0.15) is 0 Å². The van der Waals surface area contributed by atoms with Gasteiger partial charge in [0.05, 0.1) is 17.8 Å². The van der Waals surface area contributed by atoms with E-state index < -0.39 is 0 Å². The topological polar surface area (TPSA) is 31.9 Å². The molecule has 3 aromatic rings. The van der Waals surface area contributed by atoms with Crippen LogP contribution in [0, 0.1) is 5.75 Å². The molecule has 3 nitrogen and oxygen atoms in total. The van der Waals surface area contributed by atoms with E-state index in [1.54, 1.807) is 0 Å². The van der Waals surface area contributed by atoms with Crippen LogP contribution in [0.2, 0.25) is 0 Å². The van der Waals surface area contributed by atoms with Crippen molar-refractivity contribution in [2.24, 2.45) is 0 Å². The number of nitrogens with one attached hydrogen (secondary N) is 1. The lowest BCUT2D eigenvalue weighted by molar-refractivity contribution is 0.617. The van der Waals surface area contributed by atoms with E-state index in [0.717, 1.165) is 21.1 Å². The molecule has 5 heteroatoms. The molecule has 1 aliphatic heterocycles. The van der Waals surface area contributed by atoms with Gasteiger partial charge in [0, 0.05) is 33.1 Å². The van der Waals surface area contributed by atoms with Crippen molar-refractivity contribution in [3.63, 3.8) is 0 Å². The van der Waals surface area contributed by atoms with Gasteiger partial charge in [0.15, 0.2) is 0 Å². The quantitative estimate of drug-likeness (QED) is 0.658. The Morgan fingerprint density at radius 2 is 2.04 bits per heavy atom. The Labute approximate surface area is 148 Å². The first kappa shape index (κ1) is 15.1. The Kier molecular flexibility index (Phi) is 4.07. The molecule has 0 amide bonds. The van der Waals surface area contributed by atoms with Gasteiger partial charge < -0.3 is 4.90 Å². The van der Waals surface area contributed by atoms with E-state index in [4.69, 9.17) is 0 Å². The first-order valence-electron chi connectivity index (χ1n) is 7.64. The molecule has 1 aromatic heterocycles. The molecule has 2 heterocycles. The summed E-state index contributed by atoms with van der Waals surface area (Å²) in [6.45, 7) is 2.26. The van der Waals surface area contributed by atoms with Crippen LogP contribution in [0.1, 0.15) is 18.5 Å². The summed E-state index contributed by atoms with van der Waals surface area (Å²) >= 11 is 5.44. The highest BCUT2D eigenvalue weighted by Crippen LogP contribution is 2.39. The Hall–Kier alpha value is -1.46. The van der Waals surface area contributed by atoms with Crippen LogP contribution in [-0.4, -0.2) is 22.0 Å². The summed E-state index contributed by atoms with van der Waals surface area (Å²) in [6.07, 6.45) is 1.87. The van der Waals surface area contributed by atoms with E-state index in [9.17, 15) is 0 Å². The van der Waals surface area contributed by atoms with E-state index in [2.05, 4.69) is 86.2 Å². The fraction of sp³-hybridized carbons (Fsp3) is 0.222. The van der Waals surface area contributed by atoms with E-state index >= 15 is 0 Å². The number of nitrogens with zero attached hydrogens (tertiary/aromatic N) is 2. The molecule has 23 heavy (non-hydrogen) atoms. The summed E-state index contributed by atoms with van der Waals surface area (Å²) in [4.78, 5) is 2.50. The minimum Gasteiger partial charge on any atom is -0.360 e. The lowest BCUT2D eigenvalue weighted by Crippen LogP contribution is -2.41. The van der Waals surface area contributed by atoms with E-state index in [1.165, 1.54) is 11.3 Å². The molecule has 0 aliphatic carbocycles. The number of benzene rings is 2. The van der Waals surface area contributed by atoms with Crippen molar-refractivity contribution < 1.29 is 0 Å². The third kappa shape index (κ3) is 2.88. The van der Waals surface area contributed by atoms with E-state index in [0.29, 0.717) is 12.1 Å². The number of hydrogen-bond donors (Lipinski definition) is 1. The van der Waals surface area contributed by atoms with Crippen molar-refractivity contribution in [3.8, 4) is 0 Å². The third-order valence-corrected chi connectivity index (χ3v) is 5.92. The molecule has 0 bridgehead atoms. The number of thioether (sulfide) groups is 1. The molecule has 4 rings (SSSR count). The smallest absolute Gasteiger partial charge is 0.0670 e. The maximum atomic E-state index is 4.13. The number of hydrogen-bond acceptors (Lipinski definition) is 3. The van der Waals surface area contributed by atoms with Crippen LogP contribution >= 0.6 is 27.7 Å². The van der Waals surface area contributed by atoms with Gasteiger partial charge in [-0.25, -0.2) is 0 Å². The number of rotatable bonds is 2. The van der Waals surface area contributed by atoms with E-state index in [-0.39, 0.29) is 0 Å². The predicted octanol–water partition coefficient (Wildman–Crippen LogP) is 5.17. The molecular formula is C18H17BrN3S. The maximum absolute atomic E-state index is 4.13. The largest absolute Gasteiger partial charge is 0.360 e. The van der Waals surface area contributed by atoms with Crippen LogP contribution in [0.15, 0.2) is 53.1 Å². The second-order valence-corrected chi connectivity index (χ2v) is 7.68. The molecule has 1 saturated heterocycles. The SMILES string of the molecule is CC1[CH]SCC(c2ccc(Br)cc2)N1c1ccc2cn[nH]c2c1. The Morgan fingerprint density at radius 3 is 2.87 bits per heavy atom. The Bertz CT molecular complexity index is 815. The molecule has 1 fully saturated rings. The van der Waals surface area contributed by atoms with Gasteiger partial charge in [0.25, 0.3) is 0 Å². The fourth-order valence-corrected chi connectivity index (χ4v) is 4.48. The van der Waals surface area contributed by atoms with Gasteiger partial charge >= 0.3 is 0 Å². The lowest BCUT2D eigenvalue weighted by atomic mass is 10.0. The highest BCUT2D eigenvalue weighted by Gasteiger charge is 2.30. The predicted molar refractivity (Wildman–Crippen MR) is 102 cm³/mol. The highest BCUT2D eigenvalue weighted by molar-refractivity contribution is 9.10. The zero-order chi connectivity index (χ0) is 15.8. The van der Waals surface area contributed by atoms with Crippen LogP contribution in [-0.2, 0) is 0 Å². The zero-order valence-corrected chi connectivity index (χ0v) is 15.1. The van der Waals surface area contributed by atoms with Gasteiger partial charge in [-0.2, -0.15) is 16.9 Å². The van der Waals surface area contributed by atoms with Crippen molar-refractivity contribution in [2.45, 2.75) is 19.0 Å². The number of anilines is 1. The lowest BCUT2D eigenvalue weighted by Gasteiger charge is -2.42. The molecule has 1 aliphatic rings. The first-order chi connectivity index (χ1) is 11.2. The Morgan fingerprint density at radius 1 is 1.22 bits per heavy atom. The van der Waals surface area contributed by atoms with Gasteiger partial charge in [0.2, 0.25) is 0 Å². The fourth-order valence-electron chi connectivity index (χ4n) is 3.16. The zero-order valence-electron chi connectivity index (χ0n) is 12.7. The average Bonchev–Trinajstić information content (AvgIpc) is 3.03. The molecule has 1 N–H and O–H groups in total. The summed E-state index contributed by atoms with van der Waals surface area (Å²) in [5, 5.41) is 8.36. The van der Waals surface area contributed by atoms with Crippen molar-refractivity contribution in [1.29, 1.82) is 0 Å². The molecule has 1 radical (unpaired) electrons. The molecule has 0 spiro atoms. The molecule has 0 saturated carbocycles. The van der Waals surface area contributed by atoms with Crippen molar-refractivity contribution in [1.82, 2.24) is 10.2 Å². The number of aromatic nitrogens is 2. The summed E-state index contributed by atoms with van der Waals surface area (Å²) in [5.74, 6) is 3.39.